The fraction of sp³-hybridized carbons (Fsp3) is 0.960. The molecule has 5 rings (SSSR count). The zero-order chi connectivity index (χ0) is 23.7. The minimum absolute atomic E-state index is 0.0746. The van der Waals surface area contributed by atoms with E-state index >= 15 is 0 Å². The van der Waals surface area contributed by atoms with E-state index in [9.17, 15) is 30.3 Å². The van der Waals surface area contributed by atoms with Crippen LogP contribution in [0.25, 0.3) is 0 Å². The maximum Gasteiger partial charge on any atom is 0.335 e. The summed E-state index contributed by atoms with van der Waals surface area (Å²) in [5, 5.41) is 50.3. The largest absolute Gasteiger partial charge is 0.479 e. The molecule has 0 aromatic rings. The average Bonchev–Trinajstić information content (AvgIpc) is 3.08. The SMILES string of the molecule is C[C@]12CC[C@@H](O[C@@H]3O[C@H](C(=O)O)[C@@H](O)[C@H](O)[C@H]3O)C[C@H]1CC[C@@H]1[C@@H]2CC[C@]2(C)[C@@H](O)CC[C@@H]12. The van der Waals surface area contributed by atoms with Gasteiger partial charge in [0.1, 0.15) is 18.3 Å². The lowest BCUT2D eigenvalue weighted by Gasteiger charge is -2.61. The Morgan fingerprint density at radius 2 is 1.55 bits per heavy atom. The molecule has 1 heterocycles. The van der Waals surface area contributed by atoms with Crippen LogP contribution in [0.2, 0.25) is 0 Å². The second-order valence-corrected chi connectivity index (χ2v) is 12.1. The van der Waals surface area contributed by atoms with E-state index in [0.29, 0.717) is 23.7 Å². The minimum Gasteiger partial charge on any atom is -0.479 e. The number of hydrogen-bond donors (Lipinski definition) is 5. The summed E-state index contributed by atoms with van der Waals surface area (Å²) in [5.41, 5.74) is 0.300. The Morgan fingerprint density at radius 3 is 2.27 bits per heavy atom. The molecule has 0 aromatic heterocycles. The number of carboxylic acid groups (broad SMARTS) is 1. The molecule has 13 atom stereocenters. The predicted molar refractivity (Wildman–Crippen MR) is 117 cm³/mol. The van der Waals surface area contributed by atoms with Crippen molar-refractivity contribution in [1.82, 2.24) is 0 Å². The highest BCUT2D eigenvalue weighted by atomic mass is 16.7. The zero-order valence-corrected chi connectivity index (χ0v) is 19.7. The van der Waals surface area contributed by atoms with Gasteiger partial charge in [0.2, 0.25) is 0 Å². The van der Waals surface area contributed by atoms with E-state index in [0.717, 1.165) is 44.9 Å². The van der Waals surface area contributed by atoms with Crippen LogP contribution in [0, 0.1) is 34.5 Å². The van der Waals surface area contributed by atoms with Crippen LogP contribution >= 0.6 is 0 Å². The lowest BCUT2D eigenvalue weighted by Crippen LogP contribution is -2.61. The normalized spacial score (nSPS) is 56.5. The lowest BCUT2D eigenvalue weighted by molar-refractivity contribution is -0.309. The second-order valence-electron chi connectivity index (χ2n) is 12.1. The quantitative estimate of drug-likeness (QED) is 0.395. The van der Waals surface area contributed by atoms with Gasteiger partial charge in [0.05, 0.1) is 12.2 Å². The van der Waals surface area contributed by atoms with Crippen LogP contribution in [0.15, 0.2) is 0 Å². The Kier molecular flexibility index (Phi) is 6.11. The number of ether oxygens (including phenoxy) is 2. The van der Waals surface area contributed by atoms with Crippen LogP contribution in [0.4, 0.5) is 0 Å². The van der Waals surface area contributed by atoms with Crippen molar-refractivity contribution in [1.29, 1.82) is 0 Å². The molecule has 0 unspecified atom stereocenters. The van der Waals surface area contributed by atoms with E-state index in [4.69, 9.17) is 9.47 Å². The smallest absolute Gasteiger partial charge is 0.335 e. The molecule has 0 spiro atoms. The van der Waals surface area contributed by atoms with Crippen molar-refractivity contribution in [2.24, 2.45) is 34.5 Å². The second kappa shape index (κ2) is 8.42. The van der Waals surface area contributed by atoms with E-state index in [1.54, 1.807) is 0 Å². The standard InChI is InChI=1S/C25H40O8/c1-24-9-7-13(32-23-20(29)18(27)19(28)21(33-23)22(30)31)11-12(24)3-4-14-15-5-6-17(26)25(15,2)10-8-16(14)24/h12-21,23,26-29H,3-11H2,1-2H3,(H,30,31)/t12-,13-,14+,15+,16+,17+,18+,19+,20-,21+,23-,24+,25+/m1/s1. The maximum atomic E-state index is 11.4. The summed E-state index contributed by atoms with van der Waals surface area (Å²) in [4.78, 5) is 11.4. The van der Waals surface area contributed by atoms with Gasteiger partial charge in [-0.15, -0.1) is 0 Å². The van der Waals surface area contributed by atoms with Crippen molar-refractivity contribution in [3.8, 4) is 0 Å². The Hall–Kier alpha value is -0.770. The highest BCUT2D eigenvalue weighted by molar-refractivity contribution is 5.73. The summed E-state index contributed by atoms with van der Waals surface area (Å²) >= 11 is 0. The molecular formula is C25H40O8. The van der Waals surface area contributed by atoms with Crippen molar-refractivity contribution >= 4 is 5.97 Å². The zero-order valence-electron chi connectivity index (χ0n) is 19.7. The molecule has 1 aliphatic heterocycles. The first-order valence-corrected chi connectivity index (χ1v) is 12.8. The molecule has 0 amide bonds. The number of fused-ring (bicyclic) bond motifs is 5. The average molecular weight is 469 g/mol. The molecule has 4 aliphatic carbocycles. The van der Waals surface area contributed by atoms with Gasteiger partial charge in [-0.1, -0.05) is 13.8 Å². The Balaban J connectivity index is 1.26. The summed E-state index contributed by atoms with van der Waals surface area (Å²) in [5.74, 6) is 1.05. The van der Waals surface area contributed by atoms with Gasteiger partial charge < -0.3 is 35.0 Å². The third-order valence-corrected chi connectivity index (χ3v) is 10.7. The number of rotatable bonds is 3. The number of carboxylic acids is 1. The van der Waals surface area contributed by atoms with Crippen LogP contribution in [0.5, 0.6) is 0 Å². The van der Waals surface area contributed by atoms with Gasteiger partial charge in [-0.3, -0.25) is 0 Å². The van der Waals surface area contributed by atoms with Crippen molar-refractivity contribution in [2.75, 3.05) is 0 Å². The van der Waals surface area contributed by atoms with Crippen molar-refractivity contribution in [3.05, 3.63) is 0 Å². The number of hydrogen-bond acceptors (Lipinski definition) is 7. The van der Waals surface area contributed by atoms with Gasteiger partial charge >= 0.3 is 5.97 Å². The number of aliphatic hydroxyl groups excluding tert-OH is 4. The monoisotopic (exact) mass is 468 g/mol. The molecular weight excluding hydrogens is 428 g/mol. The van der Waals surface area contributed by atoms with Crippen LogP contribution in [-0.2, 0) is 14.3 Å². The first-order valence-electron chi connectivity index (χ1n) is 12.8. The fourth-order valence-corrected chi connectivity index (χ4v) is 8.67. The molecule has 0 aromatic carbocycles. The molecule has 8 heteroatoms. The molecule has 1 saturated heterocycles. The molecule has 5 N–H and O–H groups in total. The van der Waals surface area contributed by atoms with Gasteiger partial charge in [0, 0.05) is 0 Å². The minimum atomic E-state index is -1.70. The van der Waals surface area contributed by atoms with E-state index in [2.05, 4.69) is 13.8 Å². The molecule has 33 heavy (non-hydrogen) atoms. The first-order chi connectivity index (χ1) is 15.6. The Bertz CT molecular complexity index is 761. The summed E-state index contributed by atoms with van der Waals surface area (Å²) < 4.78 is 11.4. The van der Waals surface area contributed by atoms with E-state index in [1.807, 2.05) is 0 Å². The molecule has 5 fully saturated rings. The Morgan fingerprint density at radius 1 is 0.848 bits per heavy atom. The van der Waals surface area contributed by atoms with E-state index in [1.165, 1.54) is 12.8 Å². The van der Waals surface area contributed by atoms with Crippen molar-refractivity contribution in [2.45, 2.75) is 115 Å². The highest BCUT2D eigenvalue weighted by Gasteiger charge is 2.60. The molecule has 4 saturated carbocycles. The van der Waals surface area contributed by atoms with Crippen LogP contribution < -0.4 is 0 Å². The van der Waals surface area contributed by atoms with Crippen molar-refractivity contribution in [3.63, 3.8) is 0 Å². The molecule has 8 nitrogen and oxygen atoms in total. The van der Waals surface area contributed by atoms with Gasteiger partial charge in [0.25, 0.3) is 0 Å². The highest BCUT2D eigenvalue weighted by Crippen LogP contribution is 2.66. The molecule has 5 aliphatic rings. The number of aliphatic carboxylic acids is 1. The van der Waals surface area contributed by atoms with E-state index in [-0.39, 0.29) is 23.0 Å². The van der Waals surface area contributed by atoms with Gasteiger partial charge in [0.15, 0.2) is 12.4 Å². The summed E-state index contributed by atoms with van der Waals surface area (Å²) in [6.45, 7) is 4.74. The summed E-state index contributed by atoms with van der Waals surface area (Å²) in [6, 6.07) is 0. The summed E-state index contributed by atoms with van der Waals surface area (Å²) in [6.07, 6.45) is 1.19. The van der Waals surface area contributed by atoms with Crippen LogP contribution in [0.1, 0.15) is 71.6 Å². The fourth-order valence-electron chi connectivity index (χ4n) is 8.67. The molecule has 0 bridgehead atoms. The number of aliphatic hydroxyl groups is 4. The topological polar surface area (TPSA) is 137 Å². The van der Waals surface area contributed by atoms with Crippen molar-refractivity contribution < 1.29 is 39.8 Å². The van der Waals surface area contributed by atoms with Gasteiger partial charge in [-0.2, -0.15) is 0 Å². The first kappa shape index (κ1) is 23.9. The third kappa shape index (κ3) is 3.67. The summed E-state index contributed by atoms with van der Waals surface area (Å²) in [7, 11) is 0. The van der Waals surface area contributed by atoms with Crippen LogP contribution in [0.3, 0.4) is 0 Å². The van der Waals surface area contributed by atoms with Crippen LogP contribution in [-0.4, -0.2) is 74.4 Å². The van der Waals surface area contributed by atoms with Gasteiger partial charge in [-0.05, 0) is 92.3 Å². The maximum absolute atomic E-state index is 11.4. The Labute approximate surface area is 195 Å². The number of carbonyl (C=O) groups is 1. The molecule has 0 radical (unpaired) electrons. The third-order valence-electron chi connectivity index (χ3n) is 10.7. The lowest BCUT2D eigenvalue weighted by atomic mass is 9.45. The van der Waals surface area contributed by atoms with Gasteiger partial charge in [-0.25, -0.2) is 4.79 Å². The van der Waals surface area contributed by atoms with E-state index < -0.39 is 36.7 Å². The predicted octanol–water partition coefficient (Wildman–Crippen LogP) is 1.67. The molecule has 188 valence electrons.